The summed E-state index contributed by atoms with van der Waals surface area (Å²) in [5.41, 5.74) is 0. The minimum atomic E-state index is -0.929. The van der Waals surface area contributed by atoms with Gasteiger partial charge in [-0.3, -0.25) is 14.4 Å². The number of hydrogen-bond donors (Lipinski definition) is 3. The van der Waals surface area contributed by atoms with Gasteiger partial charge in [-0.15, -0.1) is 0 Å². The van der Waals surface area contributed by atoms with E-state index >= 15 is 0 Å². The van der Waals surface area contributed by atoms with Crippen LogP contribution in [0.4, 0.5) is 0 Å². The molecule has 0 aliphatic rings. The zero-order chi connectivity index (χ0) is 27.6. The molecule has 218 valence electrons. The van der Waals surface area contributed by atoms with Gasteiger partial charge in [0.1, 0.15) is 0 Å². The van der Waals surface area contributed by atoms with E-state index in [1.807, 2.05) is 0 Å². The lowest BCUT2D eigenvalue weighted by atomic mass is 10.0. The molecule has 0 atom stereocenters. The third-order valence-corrected chi connectivity index (χ3v) is 7.64. The molecule has 7 nitrogen and oxygen atoms in total. The van der Waals surface area contributed by atoms with E-state index in [2.05, 4.69) is 6.92 Å². The van der Waals surface area contributed by atoms with Crippen LogP contribution in [0.15, 0.2) is 0 Å². The lowest BCUT2D eigenvalue weighted by Crippen LogP contribution is -2.52. The number of carboxylic acids is 3. The molecule has 0 spiro atoms. The van der Waals surface area contributed by atoms with E-state index in [1.165, 1.54) is 103 Å². The molecular formula is C30H58NO6+. The molecule has 0 saturated carbocycles. The van der Waals surface area contributed by atoms with Crippen molar-refractivity contribution in [3.05, 3.63) is 0 Å². The Balaban J connectivity index is 3.89. The van der Waals surface area contributed by atoms with Crippen molar-refractivity contribution in [2.24, 2.45) is 0 Å². The molecule has 0 aromatic heterocycles. The maximum absolute atomic E-state index is 11.1. The molecule has 0 saturated heterocycles. The van der Waals surface area contributed by atoms with Gasteiger partial charge in [-0.1, -0.05) is 116 Å². The molecule has 0 unspecified atom stereocenters. The van der Waals surface area contributed by atoms with E-state index in [0.29, 0.717) is 6.54 Å². The van der Waals surface area contributed by atoms with Crippen molar-refractivity contribution in [1.82, 2.24) is 0 Å². The number of hydrogen-bond acceptors (Lipinski definition) is 3. The molecule has 0 amide bonds. The number of nitrogens with zero attached hydrogens (tertiary/aromatic N) is 1. The molecule has 0 heterocycles. The average Bonchev–Trinajstić information content (AvgIpc) is 2.85. The molecule has 0 rings (SSSR count). The van der Waals surface area contributed by atoms with Gasteiger partial charge >= 0.3 is 17.9 Å². The van der Waals surface area contributed by atoms with Crippen LogP contribution in [0, 0.1) is 0 Å². The van der Waals surface area contributed by atoms with Gasteiger partial charge in [0.25, 0.3) is 0 Å². The SMILES string of the molecule is CCCCCCCCCCCCCCCCCCCCC[N+](CCC(=O)O)(CCC(=O)O)CCC(=O)O. The second-order valence-electron chi connectivity index (χ2n) is 11.0. The summed E-state index contributed by atoms with van der Waals surface area (Å²) >= 11 is 0. The smallest absolute Gasteiger partial charge is 0.309 e. The minimum Gasteiger partial charge on any atom is -0.481 e. The Morgan fingerprint density at radius 3 is 0.892 bits per heavy atom. The van der Waals surface area contributed by atoms with E-state index in [0.717, 1.165) is 19.3 Å². The first-order valence-electron chi connectivity index (χ1n) is 15.3. The third kappa shape index (κ3) is 24.5. The Kier molecular flexibility index (Phi) is 23.6. The van der Waals surface area contributed by atoms with Crippen molar-refractivity contribution in [1.29, 1.82) is 0 Å². The maximum atomic E-state index is 11.1. The number of carbonyl (C=O) groups is 3. The Labute approximate surface area is 226 Å². The highest BCUT2D eigenvalue weighted by atomic mass is 16.4. The predicted octanol–water partition coefficient (Wildman–Crippen LogP) is 7.66. The minimum absolute atomic E-state index is 0.0711. The summed E-state index contributed by atoms with van der Waals surface area (Å²) in [5, 5.41) is 27.4. The molecule has 0 aromatic carbocycles. The Hall–Kier alpha value is -1.63. The quantitative estimate of drug-likeness (QED) is 0.0678. The second-order valence-corrected chi connectivity index (χ2v) is 11.0. The van der Waals surface area contributed by atoms with Crippen LogP contribution >= 0.6 is 0 Å². The van der Waals surface area contributed by atoms with Crippen LogP contribution in [0.25, 0.3) is 0 Å². The number of unbranched alkanes of at least 4 members (excludes halogenated alkanes) is 18. The highest BCUT2D eigenvalue weighted by Gasteiger charge is 2.29. The normalized spacial score (nSPS) is 11.6. The molecular weight excluding hydrogens is 470 g/mol. The third-order valence-electron chi connectivity index (χ3n) is 7.64. The van der Waals surface area contributed by atoms with Crippen LogP contribution in [-0.2, 0) is 14.4 Å². The number of rotatable bonds is 29. The van der Waals surface area contributed by atoms with E-state index in [1.54, 1.807) is 0 Å². The average molecular weight is 529 g/mol. The standard InChI is InChI=1S/C30H57NO6/c1-2-3-4-5-6-7-8-9-10-11-12-13-14-15-16-17-18-19-20-24-31(25-21-28(32)33,26-22-29(34)35)27-23-30(36)37/h2-27H2,1H3,(H2-,32,33,34,35,36,37)/p+1. The molecule has 0 bridgehead atoms. The van der Waals surface area contributed by atoms with Gasteiger partial charge in [-0.05, 0) is 12.8 Å². The van der Waals surface area contributed by atoms with E-state index in [9.17, 15) is 14.4 Å². The van der Waals surface area contributed by atoms with Gasteiger partial charge in [0, 0.05) is 0 Å². The topological polar surface area (TPSA) is 112 Å². The van der Waals surface area contributed by atoms with Crippen molar-refractivity contribution in [2.75, 3.05) is 26.2 Å². The summed E-state index contributed by atoms with van der Waals surface area (Å²) in [5.74, 6) is -2.79. The van der Waals surface area contributed by atoms with Gasteiger partial charge in [0.2, 0.25) is 0 Å². The van der Waals surface area contributed by atoms with Crippen molar-refractivity contribution in [3.8, 4) is 0 Å². The lowest BCUT2D eigenvalue weighted by molar-refractivity contribution is -0.927. The maximum Gasteiger partial charge on any atom is 0.309 e. The molecule has 0 fully saturated rings. The zero-order valence-electron chi connectivity index (χ0n) is 23.9. The summed E-state index contributed by atoms with van der Waals surface area (Å²) in [6, 6.07) is 0. The molecule has 0 aliphatic heterocycles. The Morgan fingerprint density at radius 1 is 0.405 bits per heavy atom. The zero-order valence-corrected chi connectivity index (χ0v) is 23.9. The van der Waals surface area contributed by atoms with Crippen molar-refractivity contribution >= 4 is 17.9 Å². The number of aliphatic carboxylic acids is 3. The Bertz CT molecular complexity index is 535. The van der Waals surface area contributed by atoms with Crippen molar-refractivity contribution in [2.45, 2.75) is 148 Å². The van der Waals surface area contributed by atoms with Crippen molar-refractivity contribution < 1.29 is 34.2 Å². The van der Waals surface area contributed by atoms with Crippen LogP contribution in [0.3, 0.4) is 0 Å². The predicted molar refractivity (Wildman–Crippen MR) is 150 cm³/mol. The monoisotopic (exact) mass is 528 g/mol. The molecule has 0 radical (unpaired) electrons. The second kappa shape index (κ2) is 24.7. The van der Waals surface area contributed by atoms with Crippen LogP contribution in [0.5, 0.6) is 0 Å². The lowest BCUT2D eigenvalue weighted by Gasteiger charge is -2.38. The first-order chi connectivity index (χ1) is 17.8. The summed E-state index contributed by atoms with van der Waals surface area (Å²) in [6.07, 6.45) is 24.5. The summed E-state index contributed by atoms with van der Waals surface area (Å²) in [6.45, 7) is 3.77. The van der Waals surface area contributed by atoms with Gasteiger partial charge in [-0.25, -0.2) is 0 Å². The van der Waals surface area contributed by atoms with Crippen molar-refractivity contribution in [3.63, 3.8) is 0 Å². The van der Waals surface area contributed by atoms with Crippen LogP contribution in [0.2, 0.25) is 0 Å². The van der Waals surface area contributed by atoms with Gasteiger partial charge < -0.3 is 19.8 Å². The fourth-order valence-electron chi connectivity index (χ4n) is 5.19. The summed E-state index contributed by atoms with van der Waals surface area (Å²) in [7, 11) is 0. The van der Waals surface area contributed by atoms with Crippen LogP contribution in [0.1, 0.15) is 148 Å². The van der Waals surface area contributed by atoms with Crippen LogP contribution in [-0.4, -0.2) is 63.9 Å². The van der Waals surface area contributed by atoms with Crippen LogP contribution < -0.4 is 0 Å². The Morgan fingerprint density at radius 2 is 0.649 bits per heavy atom. The van der Waals surface area contributed by atoms with E-state index in [4.69, 9.17) is 15.3 Å². The summed E-state index contributed by atoms with van der Waals surface area (Å²) in [4.78, 5) is 33.4. The highest BCUT2D eigenvalue weighted by Crippen LogP contribution is 2.17. The summed E-state index contributed by atoms with van der Waals surface area (Å²) < 4.78 is 0.268. The molecule has 0 aliphatic carbocycles. The fourth-order valence-corrected chi connectivity index (χ4v) is 5.19. The van der Waals surface area contributed by atoms with Gasteiger partial charge in [0.05, 0.1) is 45.4 Å². The molecule has 3 N–H and O–H groups in total. The molecule has 7 heteroatoms. The van der Waals surface area contributed by atoms with E-state index in [-0.39, 0.29) is 43.4 Å². The first-order valence-corrected chi connectivity index (χ1v) is 15.3. The largest absolute Gasteiger partial charge is 0.481 e. The van der Waals surface area contributed by atoms with E-state index < -0.39 is 17.9 Å². The molecule has 37 heavy (non-hydrogen) atoms. The van der Waals surface area contributed by atoms with Gasteiger partial charge in [-0.2, -0.15) is 0 Å². The highest BCUT2D eigenvalue weighted by molar-refractivity contribution is 5.67. The first kappa shape index (κ1) is 35.4. The number of quaternary nitrogens is 1. The van der Waals surface area contributed by atoms with Gasteiger partial charge in [0.15, 0.2) is 0 Å². The fraction of sp³-hybridized carbons (Fsp3) is 0.900. The molecule has 0 aromatic rings. The number of carboxylic acid groups (broad SMARTS) is 3.